The van der Waals surface area contributed by atoms with Crippen LogP contribution in [-0.4, -0.2) is 41.8 Å². The molecule has 1 aromatic heterocycles. The summed E-state index contributed by atoms with van der Waals surface area (Å²) < 4.78 is 28.0. The normalized spacial score (nSPS) is 19.5. The molecule has 0 radical (unpaired) electrons. The number of hydrogen-bond donors (Lipinski definition) is 1. The highest BCUT2D eigenvalue weighted by Crippen LogP contribution is 2.35. The molecule has 6 nitrogen and oxygen atoms in total. The Bertz CT molecular complexity index is 1250. The molecule has 0 bridgehead atoms. The summed E-state index contributed by atoms with van der Waals surface area (Å²) in [6, 6.07) is 10.2. The lowest BCUT2D eigenvalue weighted by Crippen LogP contribution is -2.42. The molecule has 5 rings (SSSR count). The van der Waals surface area contributed by atoms with Gasteiger partial charge in [-0.1, -0.05) is 30.3 Å². The van der Waals surface area contributed by atoms with E-state index in [0.29, 0.717) is 30.8 Å². The molecule has 1 saturated heterocycles. The van der Waals surface area contributed by atoms with Gasteiger partial charge in [0.15, 0.2) is 5.78 Å². The fraction of sp³-hybridized carbons (Fsp3) is 0.391. The SMILES string of the molecule is Cc1n[nH]c(C)c1S(=O)(=O)N1CCC[C@H](C(=O)c2ccc3c4c(cccc24)CC3)C1. The van der Waals surface area contributed by atoms with Crippen molar-refractivity contribution in [3.05, 3.63) is 58.4 Å². The van der Waals surface area contributed by atoms with Gasteiger partial charge < -0.3 is 0 Å². The maximum Gasteiger partial charge on any atom is 0.246 e. The maximum atomic E-state index is 13.5. The van der Waals surface area contributed by atoms with E-state index in [0.717, 1.165) is 23.8 Å². The molecule has 7 heteroatoms. The second-order valence-electron chi connectivity index (χ2n) is 8.44. The number of benzene rings is 2. The summed E-state index contributed by atoms with van der Waals surface area (Å²) in [5, 5.41) is 9.02. The zero-order valence-corrected chi connectivity index (χ0v) is 18.1. The Morgan fingerprint density at radius 3 is 2.63 bits per heavy atom. The van der Waals surface area contributed by atoms with Gasteiger partial charge in [0.25, 0.3) is 0 Å². The lowest BCUT2D eigenvalue weighted by Gasteiger charge is -2.31. The summed E-state index contributed by atoms with van der Waals surface area (Å²) in [5.74, 6) is -0.286. The third-order valence-electron chi connectivity index (χ3n) is 6.56. The Morgan fingerprint density at radius 2 is 1.90 bits per heavy atom. The van der Waals surface area contributed by atoms with Crippen molar-refractivity contribution in [1.82, 2.24) is 14.5 Å². The first-order chi connectivity index (χ1) is 14.4. The van der Waals surface area contributed by atoms with E-state index in [9.17, 15) is 13.2 Å². The van der Waals surface area contributed by atoms with Gasteiger partial charge in [-0.15, -0.1) is 0 Å². The third kappa shape index (κ3) is 2.91. The summed E-state index contributed by atoms with van der Waals surface area (Å²) in [7, 11) is -3.69. The molecule has 30 heavy (non-hydrogen) atoms. The van der Waals surface area contributed by atoms with Crippen LogP contribution in [0.1, 0.15) is 45.7 Å². The van der Waals surface area contributed by atoms with Crippen molar-refractivity contribution in [2.24, 2.45) is 5.92 Å². The first-order valence-electron chi connectivity index (χ1n) is 10.5. The standard InChI is InChI=1S/C23H25N3O3S/c1-14-23(15(2)25-24-14)30(28,29)26-12-4-6-18(13-26)22(27)20-11-10-17-9-8-16-5-3-7-19(20)21(16)17/h3,5,7,10-11,18H,4,6,8-9,12-13H2,1-2H3,(H,24,25)/t18-/m0/s1. The molecular formula is C23H25N3O3S. The number of hydrogen-bond acceptors (Lipinski definition) is 4. The van der Waals surface area contributed by atoms with Crippen molar-refractivity contribution in [2.75, 3.05) is 13.1 Å². The van der Waals surface area contributed by atoms with Crippen LogP contribution in [0.4, 0.5) is 0 Å². The Kier molecular flexibility index (Phi) is 4.56. The molecule has 0 saturated carbocycles. The highest BCUT2D eigenvalue weighted by molar-refractivity contribution is 7.89. The summed E-state index contributed by atoms with van der Waals surface area (Å²) in [6.45, 7) is 4.05. The number of rotatable bonds is 4. The molecule has 2 aliphatic rings. The highest BCUT2D eigenvalue weighted by atomic mass is 32.2. The summed E-state index contributed by atoms with van der Waals surface area (Å²) >= 11 is 0. The smallest absolute Gasteiger partial charge is 0.246 e. The van der Waals surface area contributed by atoms with Crippen LogP contribution in [0, 0.1) is 19.8 Å². The van der Waals surface area contributed by atoms with Crippen LogP contribution >= 0.6 is 0 Å². The number of ketones is 1. The van der Waals surface area contributed by atoms with Gasteiger partial charge >= 0.3 is 0 Å². The minimum absolute atomic E-state index is 0.0473. The number of piperidine rings is 1. The van der Waals surface area contributed by atoms with E-state index in [1.807, 2.05) is 18.2 Å². The number of sulfonamides is 1. The molecule has 1 aliphatic carbocycles. The van der Waals surface area contributed by atoms with E-state index in [4.69, 9.17) is 0 Å². The van der Waals surface area contributed by atoms with Crippen molar-refractivity contribution in [3.8, 4) is 0 Å². The predicted molar refractivity (Wildman–Crippen MR) is 115 cm³/mol. The predicted octanol–water partition coefficient (Wildman–Crippen LogP) is 3.56. The number of aromatic nitrogens is 2. The molecule has 3 aromatic rings. The first kappa shape index (κ1) is 19.5. The largest absolute Gasteiger partial charge is 0.294 e. The minimum atomic E-state index is -3.69. The molecule has 1 N–H and O–H groups in total. The van der Waals surface area contributed by atoms with Crippen LogP contribution in [0.15, 0.2) is 35.2 Å². The number of carbonyl (C=O) groups is 1. The third-order valence-corrected chi connectivity index (χ3v) is 8.68. The second kappa shape index (κ2) is 7.03. The minimum Gasteiger partial charge on any atom is -0.294 e. The summed E-state index contributed by atoms with van der Waals surface area (Å²) in [6.07, 6.45) is 3.41. The van der Waals surface area contributed by atoms with Crippen molar-refractivity contribution >= 4 is 26.6 Å². The summed E-state index contributed by atoms with van der Waals surface area (Å²) in [4.78, 5) is 13.7. The molecule has 0 amide bonds. The van der Waals surface area contributed by atoms with Gasteiger partial charge in [-0.05, 0) is 61.4 Å². The van der Waals surface area contributed by atoms with Gasteiger partial charge in [0.05, 0.1) is 11.4 Å². The zero-order valence-electron chi connectivity index (χ0n) is 17.2. The monoisotopic (exact) mass is 423 g/mol. The lowest BCUT2D eigenvalue weighted by molar-refractivity contribution is 0.0874. The second-order valence-corrected chi connectivity index (χ2v) is 10.3. The lowest BCUT2D eigenvalue weighted by atomic mass is 9.88. The topological polar surface area (TPSA) is 83.1 Å². The zero-order chi connectivity index (χ0) is 21.0. The van der Waals surface area contributed by atoms with Crippen molar-refractivity contribution in [2.45, 2.75) is 44.4 Å². The number of aromatic amines is 1. The Hall–Kier alpha value is -2.51. The number of carbonyl (C=O) groups excluding carboxylic acids is 1. The van der Waals surface area contributed by atoms with Gasteiger partial charge in [-0.2, -0.15) is 9.40 Å². The molecular weight excluding hydrogens is 398 g/mol. The van der Waals surface area contributed by atoms with E-state index >= 15 is 0 Å². The molecule has 0 spiro atoms. The van der Waals surface area contributed by atoms with Gasteiger partial charge in [-0.3, -0.25) is 9.89 Å². The van der Waals surface area contributed by atoms with Gasteiger partial charge in [0, 0.05) is 24.6 Å². The average Bonchev–Trinajstić information content (AvgIpc) is 3.32. The summed E-state index contributed by atoms with van der Waals surface area (Å²) in [5.41, 5.74) is 4.33. The van der Waals surface area contributed by atoms with E-state index in [-0.39, 0.29) is 23.1 Å². The van der Waals surface area contributed by atoms with Crippen LogP contribution in [0.5, 0.6) is 0 Å². The highest BCUT2D eigenvalue weighted by Gasteiger charge is 2.36. The molecule has 156 valence electrons. The van der Waals surface area contributed by atoms with Crippen molar-refractivity contribution < 1.29 is 13.2 Å². The van der Waals surface area contributed by atoms with Crippen molar-refractivity contribution in [3.63, 3.8) is 0 Å². The van der Waals surface area contributed by atoms with E-state index in [1.54, 1.807) is 13.8 Å². The molecule has 1 aliphatic heterocycles. The van der Waals surface area contributed by atoms with E-state index in [2.05, 4.69) is 22.3 Å². The van der Waals surface area contributed by atoms with Gasteiger partial charge in [-0.25, -0.2) is 8.42 Å². The molecule has 2 heterocycles. The number of aryl methyl sites for hydroxylation is 4. The van der Waals surface area contributed by atoms with E-state index < -0.39 is 10.0 Å². The Labute approximate surface area is 176 Å². The van der Waals surface area contributed by atoms with E-state index in [1.165, 1.54) is 20.8 Å². The first-order valence-corrected chi connectivity index (χ1v) is 11.9. The maximum absolute atomic E-state index is 13.5. The molecule has 1 atom stereocenters. The van der Waals surface area contributed by atoms with Crippen LogP contribution < -0.4 is 0 Å². The fourth-order valence-corrected chi connectivity index (χ4v) is 6.96. The van der Waals surface area contributed by atoms with Crippen LogP contribution in [0.2, 0.25) is 0 Å². The van der Waals surface area contributed by atoms with Gasteiger partial charge in [0.1, 0.15) is 4.90 Å². The number of H-pyrrole nitrogens is 1. The quantitative estimate of drug-likeness (QED) is 0.651. The van der Waals surface area contributed by atoms with Crippen LogP contribution in [0.3, 0.4) is 0 Å². The van der Waals surface area contributed by atoms with Crippen LogP contribution in [-0.2, 0) is 22.9 Å². The van der Waals surface area contributed by atoms with Crippen molar-refractivity contribution in [1.29, 1.82) is 0 Å². The van der Waals surface area contributed by atoms with Crippen LogP contribution in [0.25, 0.3) is 10.8 Å². The fourth-order valence-electron chi connectivity index (χ4n) is 5.11. The molecule has 2 aromatic carbocycles. The molecule has 0 unspecified atom stereocenters. The number of nitrogens with zero attached hydrogens (tertiary/aromatic N) is 2. The number of nitrogens with one attached hydrogen (secondary N) is 1. The molecule has 1 fully saturated rings. The number of Topliss-reactive ketones (excluding diaryl/α,β-unsaturated/α-hetero) is 1. The Morgan fingerprint density at radius 1 is 1.13 bits per heavy atom. The van der Waals surface area contributed by atoms with Gasteiger partial charge in [0.2, 0.25) is 10.0 Å². The Balaban J connectivity index is 1.48. The average molecular weight is 424 g/mol.